The molecular formula is C27H32FN5O3. The lowest BCUT2D eigenvalue weighted by Gasteiger charge is -2.30. The molecule has 0 saturated carbocycles. The third-order valence-electron chi connectivity index (χ3n) is 5.87. The van der Waals surface area contributed by atoms with Gasteiger partial charge in [-0.3, -0.25) is 14.8 Å². The van der Waals surface area contributed by atoms with Crippen LogP contribution in [0.3, 0.4) is 0 Å². The molecule has 0 spiro atoms. The molecule has 0 bridgehead atoms. The third kappa shape index (κ3) is 5.96. The first-order valence-corrected chi connectivity index (χ1v) is 12.0. The highest BCUT2D eigenvalue weighted by atomic mass is 19.1. The maximum atomic E-state index is 14.3. The van der Waals surface area contributed by atoms with Crippen molar-refractivity contribution in [1.82, 2.24) is 15.0 Å². The number of nitrogens with one attached hydrogen (secondary N) is 1. The number of carbonyl (C=O) groups excluding carboxylic acids is 1. The Hall–Kier alpha value is -3.59. The highest BCUT2D eigenvalue weighted by molar-refractivity contribution is 6.03. The smallest absolute Gasteiger partial charge is 0.274 e. The number of morpholine rings is 1. The van der Waals surface area contributed by atoms with Crippen LogP contribution < -0.4 is 15.0 Å². The quantitative estimate of drug-likeness (QED) is 0.499. The Balaban J connectivity index is 1.64. The summed E-state index contributed by atoms with van der Waals surface area (Å²) in [5.74, 6) is 0.137. The molecule has 0 unspecified atom stereocenters. The van der Waals surface area contributed by atoms with E-state index in [0.717, 1.165) is 35.6 Å². The molecule has 36 heavy (non-hydrogen) atoms. The number of rotatable bonds is 7. The van der Waals surface area contributed by atoms with Crippen LogP contribution in [0.15, 0.2) is 42.9 Å². The molecular weight excluding hydrogens is 461 g/mol. The second-order valence-electron chi connectivity index (χ2n) is 9.53. The Morgan fingerprint density at radius 3 is 2.58 bits per heavy atom. The summed E-state index contributed by atoms with van der Waals surface area (Å²) in [4.78, 5) is 28.3. The Morgan fingerprint density at radius 2 is 1.89 bits per heavy atom. The van der Waals surface area contributed by atoms with Crippen LogP contribution in [0.4, 0.5) is 15.8 Å². The molecule has 0 aliphatic carbocycles. The number of pyridine rings is 3. The van der Waals surface area contributed by atoms with E-state index in [9.17, 15) is 9.18 Å². The summed E-state index contributed by atoms with van der Waals surface area (Å²) in [6.07, 6.45) is 4.77. The van der Waals surface area contributed by atoms with E-state index in [0.29, 0.717) is 30.3 Å². The molecule has 1 amide bonds. The lowest BCUT2D eigenvalue weighted by atomic mass is 10.0. The molecule has 9 heteroatoms. The summed E-state index contributed by atoms with van der Waals surface area (Å²) in [6.45, 7) is 11.5. The highest BCUT2D eigenvalue weighted by Crippen LogP contribution is 2.34. The molecule has 3 aromatic rings. The molecule has 0 radical (unpaired) electrons. The Kier molecular flexibility index (Phi) is 7.49. The van der Waals surface area contributed by atoms with Crippen LogP contribution in [0.5, 0.6) is 5.88 Å². The normalized spacial score (nSPS) is 14.1. The summed E-state index contributed by atoms with van der Waals surface area (Å²) in [5.41, 5.74) is 2.82. The van der Waals surface area contributed by atoms with Crippen LogP contribution in [-0.2, 0) is 10.4 Å². The van der Waals surface area contributed by atoms with Gasteiger partial charge in [-0.15, -0.1) is 0 Å². The average molecular weight is 494 g/mol. The summed E-state index contributed by atoms with van der Waals surface area (Å²) in [7, 11) is 0. The van der Waals surface area contributed by atoms with E-state index < -0.39 is 11.6 Å². The maximum Gasteiger partial charge on any atom is 0.274 e. The molecule has 3 aromatic heterocycles. The standard InChI is InChI=1S/C27H32FN5O3/c1-17(2)36-26-24(33-8-10-35-11-9-33)12-19(15-31-26)22-14-21(16-30-18(22)3)32-25(34)23-13-20(6-7-29-23)27(4,5)28/h6-7,12-17H,8-11H2,1-5H3,(H,32,34). The minimum Gasteiger partial charge on any atom is -0.473 e. The van der Waals surface area contributed by atoms with Gasteiger partial charge in [0.15, 0.2) is 0 Å². The number of aromatic nitrogens is 3. The van der Waals surface area contributed by atoms with Crippen molar-refractivity contribution < 1.29 is 18.7 Å². The van der Waals surface area contributed by atoms with Crippen LogP contribution in [0.1, 0.15) is 49.4 Å². The van der Waals surface area contributed by atoms with Crippen LogP contribution >= 0.6 is 0 Å². The number of hydrogen-bond acceptors (Lipinski definition) is 7. The van der Waals surface area contributed by atoms with E-state index >= 15 is 0 Å². The summed E-state index contributed by atoms with van der Waals surface area (Å²) in [6, 6.07) is 6.92. The summed E-state index contributed by atoms with van der Waals surface area (Å²) >= 11 is 0. The van der Waals surface area contributed by atoms with Crippen LogP contribution in [0, 0.1) is 6.92 Å². The second-order valence-corrected chi connectivity index (χ2v) is 9.53. The molecule has 0 aromatic carbocycles. The number of alkyl halides is 1. The van der Waals surface area contributed by atoms with Crippen LogP contribution in [0.25, 0.3) is 11.1 Å². The third-order valence-corrected chi connectivity index (χ3v) is 5.87. The van der Waals surface area contributed by atoms with Gasteiger partial charge in [-0.05, 0) is 64.4 Å². The number of carbonyl (C=O) groups is 1. The molecule has 1 aliphatic rings. The first-order valence-electron chi connectivity index (χ1n) is 12.0. The van der Waals surface area contributed by atoms with E-state index in [1.165, 1.54) is 26.1 Å². The molecule has 1 aliphatic heterocycles. The Morgan fingerprint density at radius 1 is 1.14 bits per heavy atom. The van der Waals surface area contributed by atoms with E-state index in [2.05, 4.69) is 25.2 Å². The van der Waals surface area contributed by atoms with Crippen molar-refractivity contribution in [2.24, 2.45) is 0 Å². The fourth-order valence-electron chi connectivity index (χ4n) is 3.95. The van der Waals surface area contributed by atoms with Crippen molar-refractivity contribution in [3.63, 3.8) is 0 Å². The van der Waals surface area contributed by atoms with Gasteiger partial charge in [-0.1, -0.05) is 0 Å². The largest absolute Gasteiger partial charge is 0.473 e. The van der Waals surface area contributed by atoms with E-state index in [-0.39, 0.29) is 11.8 Å². The Labute approximate surface area is 210 Å². The van der Waals surface area contributed by atoms with Gasteiger partial charge < -0.3 is 19.7 Å². The van der Waals surface area contributed by atoms with E-state index in [1.807, 2.05) is 32.9 Å². The maximum absolute atomic E-state index is 14.3. The fourth-order valence-corrected chi connectivity index (χ4v) is 3.95. The summed E-state index contributed by atoms with van der Waals surface area (Å²) in [5, 5.41) is 2.83. The molecule has 1 fully saturated rings. The number of nitrogens with zero attached hydrogens (tertiary/aromatic N) is 4. The van der Waals surface area contributed by atoms with Crippen molar-refractivity contribution in [3.8, 4) is 17.0 Å². The zero-order chi connectivity index (χ0) is 25.9. The topological polar surface area (TPSA) is 89.5 Å². The van der Waals surface area contributed by atoms with Gasteiger partial charge in [0.25, 0.3) is 5.91 Å². The summed E-state index contributed by atoms with van der Waals surface area (Å²) < 4.78 is 25.8. The predicted molar refractivity (Wildman–Crippen MR) is 137 cm³/mol. The zero-order valence-corrected chi connectivity index (χ0v) is 21.3. The average Bonchev–Trinajstić information content (AvgIpc) is 2.85. The number of anilines is 2. The van der Waals surface area contributed by atoms with Gasteiger partial charge >= 0.3 is 0 Å². The molecule has 4 rings (SSSR count). The minimum absolute atomic E-state index is 0.0137. The number of halogens is 1. The van der Waals surface area contributed by atoms with Crippen molar-refractivity contribution in [2.45, 2.75) is 46.4 Å². The predicted octanol–water partition coefficient (Wildman–Crippen LogP) is 4.93. The monoisotopic (exact) mass is 493 g/mol. The SMILES string of the molecule is Cc1ncc(NC(=O)c2cc(C(C)(C)F)ccn2)cc1-c1cnc(OC(C)C)c(N2CCOCC2)c1. The molecule has 1 N–H and O–H groups in total. The highest BCUT2D eigenvalue weighted by Gasteiger charge is 2.22. The van der Waals surface area contributed by atoms with Gasteiger partial charge in [-0.25, -0.2) is 9.37 Å². The first-order chi connectivity index (χ1) is 17.1. The molecule has 4 heterocycles. The number of aryl methyl sites for hydroxylation is 1. The van der Waals surface area contributed by atoms with Crippen molar-refractivity contribution in [2.75, 3.05) is 36.5 Å². The number of amides is 1. The molecule has 0 atom stereocenters. The fraction of sp³-hybridized carbons (Fsp3) is 0.407. The van der Waals surface area contributed by atoms with Crippen LogP contribution in [-0.4, -0.2) is 53.3 Å². The number of ether oxygens (including phenoxy) is 2. The minimum atomic E-state index is -1.58. The Bertz CT molecular complexity index is 1240. The van der Waals surface area contributed by atoms with Crippen molar-refractivity contribution in [1.29, 1.82) is 0 Å². The van der Waals surface area contributed by atoms with Crippen molar-refractivity contribution >= 4 is 17.3 Å². The molecule has 8 nitrogen and oxygen atoms in total. The van der Waals surface area contributed by atoms with Gasteiger partial charge in [0.05, 0.1) is 31.2 Å². The number of hydrogen-bond donors (Lipinski definition) is 1. The first kappa shape index (κ1) is 25.5. The van der Waals surface area contributed by atoms with E-state index in [1.54, 1.807) is 18.5 Å². The second kappa shape index (κ2) is 10.6. The van der Waals surface area contributed by atoms with Gasteiger partial charge in [-0.2, -0.15) is 0 Å². The zero-order valence-electron chi connectivity index (χ0n) is 21.3. The van der Waals surface area contributed by atoms with Crippen LogP contribution in [0.2, 0.25) is 0 Å². The van der Waals surface area contributed by atoms with Gasteiger partial charge in [0.1, 0.15) is 17.1 Å². The van der Waals surface area contributed by atoms with Gasteiger partial charge in [0.2, 0.25) is 5.88 Å². The van der Waals surface area contributed by atoms with Gasteiger partial charge in [0, 0.05) is 42.3 Å². The molecule has 190 valence electrons. The van der Waals surface area contributed by atoms with E-state index in [4.69, 9.17) is 9.47 Å². The van der Waals surface area contributed by atoms with Crippen molar-refractivity contribution in [3.05, 3.63) is 59.8 Å². The molecule has 1 saturated heterocycles. The lowest BCUT2D eigenvalue weighted by Crippen LogP contribution is -2.36. The lowest BCUT2D eigenvalue weighted by molar-refractivity contribution is 0.102.